The van der Waals surface area contributed by atoms with Crippen LogP contribution in [0.5, 0.6) is 0 Å². The normalized spacial score (nSPS) is 14.5. The fraction of sp³-hybridized carbons (Fsp3) is 0.308. The number of rotatable bonds is 1. The fourth-order valence-electron chi connectivity index (χ4n) is 1.98. The molecular formula is C13H15N. The number of fused-ring (bicyclic) bond motifs is 1. The molecule has 0 radical (unpaired) electrons. The summed E-state index contributed by atoms with van der Waals surface area (Å²) in [4.78, 5) is 2.30. The zero-order valence-corrected chi connectivity index (χ0v) is 8.59. The molecule has 0 amide bonds. The molecule has 0 N–H and O–H groups in total. The van der Waals surface area contributed by atoms with Gasteiger partial charge in [-0.2, -0.15) is 0 Å². The molecule has 0 aromatic heterocycles. The van der Waals surface area contributed by atoms with Crippen LogP contribution in [0.25, 0.3) is 0 Å². The second-order valence-electron chi connectivity index (χ2n) is 3.65. The summed E-state index contributed by atoms with van der Waals surface area (Å²) in [6.07, 6.45) is 2.41. The van der Waals surface area contributed by atoms with Crippen LogP contribution in [0.15, 0.2) is 42.3 Å². The molecule has 1 aliphatic heterocycles. The second kappa shape index (κ2) is 3.73. The van der Waals surface area contributed by atoms with Gasteiger partial charge < -0.3 is 4.90 Å². The molecule has 1 aromatic carbocycles. The Hall–Kier alpha value is -1.46. The summed E-state index contributed by atoms with van der Waals surface area (Å²) in [5.74, 6) is 0. The Kier molecular flexibility index (Phi) is 2.43. The Morgan fingerprint density at radius 2 is 2.21 bits per heavy atom. The summed E-state index contributed by atoms with van der Waals surface area (Å²) in [5, 5.41) is 0. The number of allylic oxidation sites excluding steroid dienone is 1. The van der Waals surface area contributed by atoms with E-state index in [0.29, 0.717) is 0 Å². The smallest absolute Gasteiger partial charge is 0.0570 e. The maximum absolute atomic E-state index is 3.71. The number of aryl methyl sites for hydroxylation is 1. The zero-order chi connectivity index (χ0) is 9.97. The number of para-hydroxylation sites is 1. The third kappa shape index (κ3) is 1.47. The molecule has 1 nitrogen and oxygen atoms in total. The second-order valence-corrected chi connectivity index (χ2v) is 3.65. The molecule has 1 aromatic rings. The van der Waals surface area contributed by atoms with Crippen LogP contribution in [0, 0.1) is 0 Å². The highest BCUT2D eigenvalue weighted by molar-refractivity contribution is 5.59. The molecule has 0 fully saturated rings. The highest BCUT2D eigenvalue weighted by atomic mass is 15.1. The first kappa shape index (κ1) is 9.11. The van der Waals surface area contributed by atoms with Crippen LogP contribution in [0.4, 0.5) is 5.69 Å². The Balaban J connectivity index is 2.45. The average Bonchev–Trinajstić information content (AvgIpc) is 2.27. The minimum atomic E-state index is 1.09. The van der Waals surface area contributed by atoms with Crippen LogP contribution in [-0.2, 0) is 6.42 Å². The molecule has 0 spiro atoms. The summed E-state index contributed by atoms with van der Waals surface area (Å²) in [6.45, 7) is 6.86. The molecule has 14 heavy (non-hydrogen) atoms. The van der Waals surface area contributed by atoms with E-state index >= 15 is 0 Å². The van der Waals surface area contributed by atoms with Crippen molar-refractivity contribution >= 4 is 5.69 Å². The Labute approximate surface area is 85.4 Å². The van der Waals surface area contributed by atoms with Gasteiger partial charge in [0, 0.05) is 12.2 Å². The van der Waals surface area contributed by atoms with Gasteiger partial charge in [0.2, 0.25) is 0 Å². The van der Waals surface area contributed by atoms with Gasteiger partial charge in [-0.1, -0.05) is 24.8 Å². The van der Waals surface area contributed by atoms with Crippen LogP contribution in [0.3, 0.4) is 0 Å². The van der Waals surface area contributed by atoms with E-state index in [4.69, 9.17) is 0 Å². The van der Waals surface area contributed by atoms with E-state index in [1.165, 1.54) is 24.1 Å². The molecule has 0 atom stereocenters. The standard InChI is InChI=1S/C13H15N/c1-3-11(2)14-10-6-8-12-7-4-5-9-13(12)14/h4-5,7,9H,1,6,8,10H2,2H3. The number of nitrogens with zero attached hydrogens (tertiary/aromatic N) is 1. The van der Waals surface area contributed by atoms with E-state index in [-0.39, 0.29) is 0 Å². The van der Waals surface area contributed by atoms with Gasteiger partial charge in [0.15, 0.2) is 0 Å². The van der Waals surface area contributed by atoms with Crippen molar-refractivity contribution in [2.45, 2.75) is 19.8 Å². The average molecular weight is 185 g/mol. The lowest BCUT2D eigenvalue weighted by atomic mass is 10.0. The molecule has 0 saturated carbocycles. The van der Waals surface area contributed by atoms with Gasteiger partial charge in [-0.15, -0.1) is 5.73 Å². The van der Waals surface area contributed by atoms with Crippen molar-refractivity contribution in [3.05, 3.63) is 47.8 Å². The van der Waals surface area contributed by atoms with Crippen molar-refractivity contribution in [2.75, 3.05) is 11.4 Å². The van der Waals surface area contributed by atoms with Crippen LogP contribution in [-0.4, -0.2) is 6.54 Å². The topological polar surface area (TPSA) is 3.24 Å². The Morgan fingerprint density at radius 3 is 3.00 bits per heavy atom. The third-order valence-electron chi connectivity index (χ3n) is 2.77. The van der Waals surface area contributed by atoms with E-state index < -0.39 is 0 Å². The van der Waals surface area contributed by atoms with Gasteiger partial charge in [-0.3, -0.25) is 0 Å². The van der Waals surface area contributed by atoms with Crippen molar-refractivity contribution in [2.24, 2.45) is 0 Å². The fourth-order valence-corrected chi connectivity index (χ4v) is 1.98. The van der Waals surface area contributed by atoms with Crippen LogP contribution >= 0.6 is 0 Å². The third-order valence-corrected chi connectivity index (χ3v) is 2.77. The van der Waals surface area contributed by atoms with Crippen molar-refractivity contribution in [3.8, 4) is 0 Å². The van der Waals surface area contributed by atoms with E-state index in [1.807, 2.05) is 0 Å². The molecule has 2 rings (SSSR count). The molecule has 1 heterocycles. The van der Waals surface area contributed by atoms with Gasteiger partial charge in [0.05, 0.1) is 5.70 Å². The SMILES string of the molecule is C=C=C(C)N1CCCc2ccccc21. The summed E-state index contributed by atoms with van der Waals surface area (Å²) in [5.41, 5.74) is 6.86. The Bertz CT molecular complexity index is 386. The van der Waals surface area contributed by atoms with Crippen molar-refractivity contribution in [1.82, 2.24) is 0 Å². The molecule has 0 bridgehead atoms. The summed E-state index contributed by atoms with van der Waals surface area (Å²) in [6, 6.07) is 8.58. The molecule has 0 aliphatic carbocycles. The minimum Gasteiger partial charge on any atom is -0.339 e. The highest BCUT2D eigenvalue weighted by Crippen LogP contribution is 2.28. The molecule has 0 unspecified atom stereocenters. The van der Waals surface area contributed by atoms with Crippen molar-refractivity contribution in [3.63, 3.8) is 0 Å². The Morgan fingerprint density at radius 1 is 1.43 bits per heavy atom. The predicted molar refractivity (Wildman–Crippen MR) is 60.4 cm³/mol. The summed E-state index contributed by atoms with van der Waals surface area (Å²) >= 11 is 0. The van der Waals surface area contributed by atoms with E-state index in [2.05, 4.69) is 48.4 Å². The monoisotopic (exact) mass is 185 g/mol. The van der Waals surface area contributed by atoms with Gasteiger partial charge in [0.1, 0.15) is 0 Å². The van der Waals surface area contributed by atoms with Gasteiger partial charge in [0.25, 0.3) is 0 Å². The van der Waals surface area contributed by atoms with Crippen LogP contribution < -0.4 is 4.90 Å². The largest absolute Gasteiger partial charge is 0.339 e. The minimum absolute atomic E-state index is 1.09. The highest BCUT2D eigenvalue weighted by Gasteiger charge is 2.16. The number of hydrogen-bond donors (Lipinski definition) is 0. The molecule has 72 valence electrons. The van der Waals surface area contributed by atoms with Crippen molar-refractivity contribution in [1.29, 1.82) is 0 Å². The zero-order valence-electron chi connectivity index (χ0n) is 8.59. The lowest BCUT2D eigenvalue weighted by molar-refractivity contribution is 0.744. The first-order chi connectivity index (χ1) is 6.83. The van der Waals surface area contributed by atoms with Gasteiger partial charge in [-0.05, 0) is 31.4 Å². The first-order valence-corrected chi connectivity index (χ1v) is 5.05. The van der Waals surface area contributed by atoms with Crippen LogP contribution in [0.2, 0.25) is 0 Å². The maximum Gasteiger partial charge on any atom is 0.0570 e. The predicted octanol–water partition coefficient (Wildman–Crippen LogP) is 3.13. The molecule has 0 saturated heterocycles. The maximum atomic E-state index is 3.71. The van der Waals surface area contributed by atoms with Crippen molar-refractivity contribution < 1.29 is 0 Å². The van der Waals surface area contributed by atoms with E-state index in [9.17, 15) is 0 Å². The quantitative estimate of drug-likeness (QED) is 0.607. The first-order valence-electron chi connectivity index (χ1n) is 5.05. The molecule has 1 aliphatic rings. The van der Waals surface area contributed by atoms with Crippen LogP contribution in [0.1, 0.15) is 18.9 Å². The lowest BCUT2D eigenvalue weighted by Gasteiger charge is -2.30. The van der Waals surface area contributed by atoms with Gasteiger partial charge >= 0.3 is 0 Å². The number of benzene rings is 1. The number of anilines is 1. The summed E-state index contributed by atoms with van der Waals surface area (Å²) < 4.78 is 0. The molecule has 1 heteroatoms. The van der Waals surface area contributed by atoms with E-state index in [0.717, 1.165) is 12.2 Å². The lowest BCUT2D eigenvalue weighted by Crippen LogP contribution is -2.27. The summed E-state index contributed by atoms with van der Waals surface area (Å²) in [7, 11) is 0. The number of hydrogen-bond acceptors (Lipinski definition) is 1. The van der Waals surface area contributed by atoms with Gasteiger partial charge in [-0.25, -0.2) is 0 Å². The van der Waals surface area contributed by atoms with E-state index in [1.54, 1.807) is 0 Å². The molecular weight excluding hydrogens is 170 g/mol.